The van der Waals surface area contributed by atoms with Crippen molar-refractivity contribution in [1.29, 1.82) is 0 Å². The quantitative estimate of drug-likeness (QED) is 0.153. The maximum atomic E-state index is 2.49. The summed E-state index contributed by atoms with van der Waals surface area (Å²) in [5.41, 5.74) is 15.8. The monoisotopic (exact) mass is 750 g/mol. The molecule has 0 unspecified atom stereocenters. The van der Waals surface area contributed by atoms with Crippen LogP contribution in [0.3, 0.4) is 0 Å². The van der Waals surface area contributed by atoms with Crippen molar-refractivity contribution in [3.8, 4) is 22.3 Å². The van der Waals surface area contributed by atoms with Gasteiger partial charge in [0, 0.05) is 34.1 Å². The van der Waals surface area contributed by atoms with Crippen molar-refractivity contribution in [2.75, 3.05) is 9.80 Å². The molecule has 2 fully saturated rings. The summed E-state index contributed by atoms with van der Waals surface area (Å²) in [7, 11) is 0. The molecule has 0 spiro atoms. The van der Waals surface area contributed by atoms with Crippen molar-refractivity contribution >= 4 is 55.7 Å². The first-order valence-corrected chi connectivity index (χ1v) is 21.8. The fourth-order valence-corrected chi connectivity index (χ4v) is 10.6. The lowest BCUT2D eigenvalue weighted by molar-refractivity contribution is 0.444. The summed E-state index contributed by atoms with van der Waals surface area (Å²) in [6.07, 6.45) is 13.1. The first-order chi connectivity index (χ1) is 28.8. The van der Waals surface area contributed by atoms with Crippen LogP contribution in [0.15, 0.2) is 170 Å². The second-order valence-electron chi connectivity index (χ2n) is 17.0. The molecular weight excluding hydrogens is 701 g/mol. The van der Waals surface area contributed by atoms with Gasteiger partial charge in [0.25, 0.3) is 0 Å². The van der Waals surface area contributed by atoms with Gasteiger partial charge in [0.05, 0.1) is 0 Å². The van der Waals surface area contributed by atoms with E-state index in [-0.39, 0.29) is 0 Å². The molecule has 3 aliphatic rings. The fraction of sp³-hybridized carbons (Fsp3) is 0.214. The summed E-state index contributed by atoms with van der Waals surface area (Å²) in [5, 5.41) is 5.13. The lowest BCUT2D eigenvalue weighted by Crippen LogP contribution is -2.15. The Bertz CT molecular complexity index is 2550. The standard InChI is InChI=1S/C56H50N2/c1-5-17-39(18-6-1)49-25-13-15-27-55(49)57(45-21-9-3-10-22-45)47-31-29-41-35-51-53(37-43(41)33-47)52-36-42-30-32-48(34-44(42)38-54(51)52)58(46-23-11-4-12-24-46)56-28-16-14-26-50(56)40-19-7-2-8-20-40/h3-4,9-16,21-40H,1-2,5-8,17-20H2. The summed E-state index contributed by atoms with van der Waals surface area (Å²) in [5.74, 6) is 1.22. The van der Waals surface area contributed by atoms with Gasteiger partial charge in [-0.1, -0.05) is 123 Å². The van der Waals surface area contributed by atoms with E-state index in [2.05, 4.69) is 180 Å². The third-order valence-corrected chi connectivity index (χ3v) is 13.5. The summed E-state index contributed by atoms with van der Waals surface area (Å²) in [4.78, 5) is 4.99. The van der Waals surface area contributed by atoms with Crippen LogP contribution in [0.2, 0.25) is 0 Å². The number of benzene rings is 8. The average Bonchev–Trinajstić information content (AvgIpc) is 3.30. The van der Waals surface area contributed by atoms with E-state index < -0.39 is 0 Å². The van der Waals surface area contributed by atoms with Gasteiger partial charge in [-0.15, -0.1) is 0 Å². The molecule has 0 bridgehead atoms. The molecule has 0 saturated heterocycles. The molecule has 2 saturated carbocycles. The number of fused-ring (bicyclic) bond motifs is 6. The highest BCUT2D eigenvalue weighted by molar-refractivity contribution is 6.12. The van der Waals surface area contributed by atoms with Gasteiger partial charge in [-0.25, -0.2) is 0 Å². The maximum Gasteiger partial charge on any atom is 0.0496 e. The Hall–Kier alpha value is -6.12. The van der Waals surface area contributed by atoms with Crippen LogP contribution in [0.25, 0.3) is 43.8 Å². The van der Waals surface area contributed by atoms with Crippen molar-refractivity contribution in [3.05, 3.63) is 181 Å². The Morgan fingerprint density at radius 3 is 1.07 bits per heavy atom. The van der Waals surface area contributed by atoms with E-state index in [0.29, 0.717) is 11.8 Å². The number of anilines is 6. The third-order valence-electron chi connectivity index (χ3n) is 13.5. The Balaban J connectivity index is 0.971. The van der Waals surface area contributed by atoms with E-state index in [1.54, 1.807) is 0 Å². The van der Waals surface area contributed by atoms with Gasteiger partial charge < -0.3 is 9.80 Å². The van der Waals surface area contributed by atoms with E-state index in [9.17, 15) is 0 Å². The number of nitrogens with zero attached hydrogens (tertiary/aromatic N) is 2. The number of hydrogen-bond donors (Lipinski definition) is 0. The van der Waals surface area contributed by atoms with Crippen LogP contribution in [0.1, 0.15) is 87.2 Å². The van der Waals surface area contributed by atoms with E-state index in [4.69, 9.17) is 0 Å². The minimum Gasteiger partial charge on any atom is -0.310 e. The predicted molar refractivity (Wildman–Crippen MR) is 247 cm³/mol. The Labute approximate surface area is 343 Å². The van der Waals surface area contributed by atoms with Crippen LogP contribution in [0.5, 0.6) is 0 Å². The number of para-hydroxylation sites is 4. The number of hydrogen-bond acceptors (Lipinski definition) is 2. The molecule has 58 heavy (non-hydrogen) atoms. The van der Waals surface area contributed by atoms with Gasteiger partial charge in [0.1, 0.15) is 0 Å². The minimum absolute atomic E-state index is 0.609. The Morgan fingerprint density at radius 2 is 0.655 bits per heavy atom. The molecule has 0 heterocycles. The van der Waals surface area contributed by atoms with Crippen LogP contribution in [0.4, 0.5) is 34.1 Å². The molecule has 8 aromatic carbocycles. The van der Waals surface area contributed by atoms with Gasteiger partial charge >= 0.3 is 0 Å². The molecule has 0 amide bonds. The lowest BCUT2D eigenvalue weighted by Gasteiger charge is -2.32. The molecule has 2 nitrogen and oxygen atoms in total. The summed E-state index contributed by atoms with van der Waals surface area (Å²) in [6.45, 7) is 0. The molecular formula is C56H50N2. The van der Waals surface area contributed by atoms with Crippen LogP contribution >= 0.6 is 0 Å². The van der Waals surface area contributed by atoms with Gasteiger partial charge in [-0.2, -0.15) is 0 Å². The molecule has 0 radical (unpaired) electrons. The van der Waals surface area contributed by atoms with E-state index in [1.165, 1.54) is 153 Å². The third kappa shape index (κ3) is 6.27. The number of rotatable bonds is 8. The lowest BCUT2D eigenvalue weighted by atomic mass is 9.78. The first-order valence-electron chi connectivity index (χ1n) is 21.8. The molecule has 0 atom stereocenters. The zero-order valence-electron chi connectivity index (χ0n) is 33.3. The van der Waals surface area contributed by atoms with Crippen molar-refractivity contribution in [3.63, 3.8) is 0 Å². The largest absolute Gasteiger partial charge is 0.310 e. The van der Waals surface area contributed by atoms with Crippen molar-refractivity contribution in [2.45, 2.75) is 76.0 Å². The molecule has 0 N–H and O–H groups in total. The van der Waals surface area contributed by atoms with Gasteiger partial charge in [-0.05, 0) is 177 Å². The summed E-state index contributed by atoms with van der Waals surface area (Å²) < 4.78 is 0. The smallest absolute Gasteiger partial charge is 0.0496 e. The predicted octanol–water partition coefficient (Wildman–Crippen LogP) is 16.7. The normalized spacial score (nSPS) is 15.4. The first kappa shape index (κ1) is 35.1. The van der Waals surface area contributed by atoms with E-state index in [0.717, 1.165) is 0 Å². The van der Waals surface area contributed by atoms with E-state index in [1.807, 2.05) is 0 Å². The second-order valence-corrected chi connectivity index (χ2v) is 17.0. The van der Waals surface area contributed by atoms with Gasteiger partial charge in [0.2, 0.25) is 0 Å². The molecule has 2 heteroatoms. The molecule has 0 aliphatic heterocycles. The van der Waals surface area contributed by atoms with Crippen molar-refractivity contribution < 1.29 is 0 Å². The Kier molecular flexibility index (Phi) is 9.07. The maximum absolute atomic E-state index is 2.49. The van der Waals surface area contributed by atoms with Crippen LogP contribution in [-0.2, 0) is 0 Å². The topological polar surface area (TPSA) is 6.48 Å². The molecule has 8 aromatic rings. The van der Waals surface area contributed by atoms with Crippen molar-refractivity contribution in [1.82, 2.24) is 0 Å². The SMILES string of the molecule is c1ccc(N(c2ccc3cc4c(cc3c2)-c2cc3ccc(N(c5ccccc5)c5ccccc5C5CCCCC5)cc3cc2-4)c2ccccc2C2CCCCC2)cc1. The van der Waals surface area contributed by atoms with Crippen LogP contribution in [0, 0.1) is 0 Å². The molecule has 3 aliphatic carbocycles. The summed E-state index contributed by atoms with van der Waals surface area (Å²) in [6, 6.07) is 64.1. The highest BCUT2D eigenvalue weighted by Gasteiger charge is 2.27. The zero-order chi connectivity index (χ0) is 38.4. The van der Waals surface area contributed by atoms with Crippen LogP contribution < -0.4 is 9.80 Å². The van der Waals surface area contributed by atoms with Gasteiger partial charge in [0.15, 0.2) is 0 Å². The highest BCUT2D eigenvalue weighted by atomic mass is 15.1. The fourth-order valence-electron chi connectivity index (χ4n) is 10.6. The van der Waals surface area contributed by atoms with Crippen molar-refractivity contribution in [2.24, 2.45) is 0 Å². The second kappa shape index (κ2) is 15.0. The minimum atomic E-state index is 0.609. The van der Waals surface area contributed by atoms with Gasteiger partial charge in [-0.3, -0.25) is 0 Å². The molecule has 0 aromatic heterocycles. The summed E-state index contributed by atoms with van der Waals surface area (Å²) >= 11 is 0. The molecule has 284 valence electrons. The van der Waals surface area contributed by atoms with E-state index >= 15 is 0 Å². The average molecular weight is 751 g/mol. The zero-order valence-corrected chi connectivity index (χ0v) is 33.3. The Morgan fingerprint density at radius 1 is 0.293 bits per heavy atom. The highest BCUT2D eigenvalue weighted by Crippen LogP contribution is 2.52. The van der Waals surface area contributed by atoms with Crippen LogP contribution in [-0.4, -0.2) is 0 Å². The molecule has 11 rings (SSSR count).